The van der Waals surface area contributed by atoms with Crippen LogP contribution >= 0.6 is 0 Å². The van der Waals surface area contributed by atoms with E-state index < -0.39 is 23.7 Å². The van der Waals surface area contributed by atoms with Crippen molar-refractivity contribution < 1.29 is 19.4 Å². The van der Waals surface area contributed by atoms with Gasteiger partial charge in [-0.25, -0.2) is 14.6 Å². The van der Waals surface area contributed by atoms with Gasteiger partial charge in [0.15, 0.2) is 0 Å². The van der Waals surface area contributed by atoms with Crippen molar-refractivity contribution in [3.8, 4) is 0 Å². The van der Waals surface area contributed by atoms with Crippen LogP contribution in [-0.2, 0) is 22.5 Å². The second-order valence-corrected chi connectivity index (χ2v) is 5.84. The lowest BCUT2D eigenvalue weighted by atomic mass is 10.1. The summed E-state index contributed by atoms with van der Waals surface area (Å²) in [5.74, 6) is -1.12. The minimum absolute atomic E-state index is 0.116. The number of nitrogens with zero attached hydrogens (tertiary/aromatic N) is 2. The van der Waals surface area contributed by atoms with Gasteiger partial charge in [-0.05, 0) is 27.2 Å². The number of alkyl carbamates (subject to hydrolysis) is 1. The highest BCUT2D eigenvalue weighted by molar-refractivity contribution is 5.80. The van der Waals surface area contributed by atoms with Crippen LogP contribution in [0, 0.1) is 0 Å². The Morgan fingerprint density at radius 3 is 2.67 bits per heavy atom. The lowest BCUT2D eigenvalue weighted by Gasteiger charge is -2.21. The topological polar surface area (TPSA) is 93.5 Å². The lowest BCUT2D eigenvalue weighted by Crippen LogP contribution is -2.44. The van der Waals surface area contributed by atoms with Crippen molar-refractivity contribution >= 4 is 12.1 Å². The maximum Gasteiger partial charge on any atom is 0.408 e. The normalized spacial score (nSPS) is 12.8. The van der Waals surface area contributed by atoms with Crippen molar-refractivity contribution in [1.29, 1.82) is 0 Å². The number of hydrogen-bond acceptors (Lipinski definition) is 4. The van der Waals surface area contributed by atoms with Crippen molar-refractivity contribution in [1.82, 2.24) is 14.9 Å². The number of amides is 1. The first-order valence-corrected chi connectivity index (χ1v) is 6.94. The van der Waals surface area contributed by atoms with Crippen molar-refractivity contribution in [2.24, 2.45) is 0 Å². The predicted octanol–water partition coefficient (Wildman–Crippen LogP) is 1.81. The number of ether oxygens (including phenoxy) is 1. The number of aliphatic carboxylic acids is 1. The number of hydrogen-bond donors (Lipinski definition) is 2. The SMILES string of the molecule is CCCn1cnc(C[C@H](NC(=O)OC(C)(C)C)C(=O)O)c1. The van der Waals surface area contributed by atoms with E-state index in [1.807, 2.05) is 11.5 Å². The van der Waals surface area contributed by atoms with Crippen LogP contribution < -0.4 is 5.32 Å². The summed E-state index contributed by atoms with van der Waals surface area (Å²) in [7, 11) is 0. The molecule has 1 aromatic rings. The monoisotopic (exact) mass is 297 g/mol. The maximum atomic E-state index is 11.6. The van der Waals surface area contributed by atoms with Gasteiger partial charge < -0.3 is 19.7 Å². The standard InChI is InChI=1S/C14H23N3O4/c1-5-6-17-8-10(15-9-17)7-11(12(18)19)16-13(20)21-14(2,3)4/h8-9,11H,5-7H2,1-4H3,(H,16,20)(H,18,19)/t11-/m0/s1. The van der Waals surface area contributed by atoms with E-state index in [1.54, 1.807) is 33.3 Å². The lowest BCUT2D eigenvalue weighted by molar-refractivity contribution is -0.139. The summed E-state index contributed by atoms with van der Waals surface area (Å²) >= 11 is 0. The molecule has 0 spiro atoms. The summed E-state index contributed by atoms with van der Waals surface area (Å²) in [5.41, 5.74) is -0.0533. The van der Waals surface area contributed by atoms with Crippen LogP contribution in [-0.4, -0.2) is 38.4 Å². The number of nitrogens with one attached hydrogen (secondary N) is 1. The van der Waals surface area contributed by atoms with Gasteiger partial charge in [0, 0.05) is 19.2 Å². The summed E-state index contributed by atoms with van der Waals surface area (Å²) in [5, 5.41) is 11.5. The smallest absolute Gasteiger partial charge is 0.408 e. The van der Waals surface area contributed by atoms with Gasteiger partial charge in [-0.2, -0.15) is 0 Å². The Bertz CT molecular complexity index is 491. The van der Waals surface area contributed by atoms with Crippen LogP contribution in [0.1, 0.15) is 39.8 Å². The van der Waals surface area contributed by atoms with Gasteiger partial charge in [-0.15, -0.1) is 0 Å². The molecule has 118 valence electrons. The molecule has 1 atom stereocenters. The summed E-state index contributed by atoms with van der Waals surface area (Å²) < 4.78 is 6.95. The van der Waals surface area contributed by atoms with Crippen molar-refractivity contribution in [3.63, 3.8) is 0 Å². The maximum absolute atomic E-state index is 11.6. The van der Waals surface area contributed by atoms with E-state index in [9.17, 15) is 14.7 Å². The zero-order chi connectivity index (χ0) is 16.0. The minimum Gasteiger partial charge on any atom is -0.480 e. The van der Waals surface area contributed by atoms with E-state index in [0.29, 0.717) is 5.69 Å². The fourth-order valence-corrected chi connectivity index (χ4v) is 1.75. The van der Waals surface area contributed by atoms with Crippen LogP contribution in [0.4, 0.5) is 4.79 Å². The molecule has 0 aliphatic heterocycles. The molecular formula is C14H23N3O4. The van der Waals surface area contributed by atoms with Crippen molar-refractivity contribution in [2.75, 3.05) is 0 Å². The molecule has 1 aromatic heterocycles. The zero-order valence-electron chi connectivity index (χ0n) is 12.9. The van der Waals surface area contributed by atoms with Crippen LogP contribution in [0.25, 0.3) is 0 Å². The molecule has 0 aliphatic rings. The molecule has 0 saturated heterocycles. The van der Waals surface area contributed by atoms with Gasteiger partial charge in [-0.1, -0.05) is 6.92 Å². The summed E-state index contributed by atoms with van der Waals surface area (Å²) in [6, 6.07) is -1.06. The van der Waals surface area contributed by atoms with E-state index in [4.69, 9.17) is 4.74 Å². The Labute approximate surface area is 124 Å². The van der Waals surface area contributed by atoms with E-state index in [1.165, 1.54) is 0 Å². The third kappa shape index (κ3) is 6.29. The molecule has 0 bridgehead atoms. The zero-order valence-corrected chi connectivity index (χ0v) is 12.9. The number of aryl methyl sites for hydroxylation is 1. The highest BCUT2D eigenvalue weighted by atomic mass is 16.6. The summed E-state index contributed by atoms with van der Waals surface area (Å²) in [6.07, 6.45) is 3.78. The molecule has 0 unspecified atom stereocenters. The molecule has 7 heteroatoms. The molecular weight excluding hydrogens is 274 g/mol. The second-order valence-electron chi connectivity index (χ2n) is 5.84. The number of carbonyl (C=O) groups excluding carboxylic acids is 1. The molecule has 0 aromatic carbocycles. The Balaban J connectivity index is 2.65. The van der Waals surface area contributed by atoms with Crippen molar-refractivity contribution in [3.05, 3.63) is 18.2 Å². The largest absolute Gasteiger partial charge is 0.480 e. The van der Waals surface area contributed by atoms with E-state index >= 15 is 0 Å². The first-order valence-electron chi connectivity index (χ1n) is 6.94. The van der Waals surface area contributed by atoms with Crippen LogP contribution in [0.15, 0.2) is 12.5 Å². The Kier molecular flexibility index (Phi) is 5.75. The van der Waals surface area contributed by atoms with Crippen LogP contribution in [0.3, 0.4) is 0 Å². The quantitative estimate of drug-likeness (QED) is 0.835. The highest BCUT2D eigenvalue weighted by Crippen LogP contribution is 2.08. The average molecular weight is 297 g/mol. The third-order valence-corrected chi connectivity index (χ3v) is 2.57. The van der Waals surface area contributed by atoms with E-state index in [-0.39, 0.29) is 6.42 Å². The number of carbonyl (C=O) groups is 2. The van der Waals surface area contributed by atoms with Gasteiger partial charge in [-0.3, -0.25) is 0 Å². The molecule has 1 heterocycles. The van der Waals surface area contributed by atoms with Crippen molar-refractivity contribution in [2.45, 2.75) is 58.7 Å². The number of imidazole rings is 1. The molecule has 0 fully saturated rings. The molecule has 0 aliphatic carbocycles. The number of carboxylic acid groups (broad SMARTS) is 1. The van der Waals surface area contributed by atoms with E-state index in [2.05, 4.69) is 10.3 Å². The van der Waals surface area contributed by atoms with Gasteiger partial charge in [0.05, 0.1) is 12.0 Å². The average Bonchev–Trinajstić information content (AvgIpc) is 2.73. The molecule has 0 radical (unpaired) electrons. The van der Waals surface area contributed by atoms with Gasteiger partial charge in [0.25, 0.3) is 0 Å². The molecule has 1 rings (SSSR count). The summed E-state index contributed by atoms with van der Waals surface area (Å²) in [6.45, 7) is 8.02. The van der Waals surface area contributed by atoms with Crippen LogP contribution in [0.2, 0.25) is 0 Å². The van der Waals surface area contributed by atoms with Gasteiger partial charge in [0.2, 0.25) is 0 Å². The Morgan fingerprint density at radius 2 is 2.14 bits per heavy atom. The number of aromatic nitrogens is 2. The first-order chi connectivity index (χ1) is 9.71. The van der Waals surface area contributed by atoms with Gasteiger partial charge >= 0.3 is 12.1 Å². The fraction of sp³-hybridized carbons (Fsp3) is 0.643. The third-order valence-electron chi connectivity index (χ3n) is 2.57. The Morgan fingerprint density at radius 1 is 1.48 bits per heavy atom. The molecule has 1 amide bonds. The minimum atomic E-state index is -1.12. The fourth-order valence-electron chi connectivity index (χ4n) is 1.75. The van der Waals surface area contributed by atoms with Crippen LogP contribution in [0.5, 0.6) is 0 Å². The number of rotatable bonds is 6. The number of carboxylic acids is 1. The van der Waals surface area contributed by atoms with E-state index in [0.717, 1.165) is 13.0 Å². The summed E-state index contributed by atoms with van der Waals surface area (Å²) in [4.78, 5) is 27.0. The van der Waals surface area contributed by atoms with Gasteiger partial charge in [0.1, 0.15) is 11.6 Å². The molecule has 2 N–H and O–H groups in total. The Hall–Kier alpha value is -2.05. The first kappa shape index (κ1) is 17.0. The molecule has 21 heavy (non-hydrogen) atoms. The predicted molar refractivity (Wildman–Crippen MR) is 77.0 cm³/mol. The second kappa shape index (κ2) is 7.10. The molecule has 0 saturated carbocycles. The molecule has 7 nitrogen and oxygen atoms in total. The highest BCUT2D eigenvalue weighted by Gasteiger charge is 2.24.